The van der Waals surface area contributed by atoms with Crippen LogP contribution in [0.1, 0.15) is 68.9 Å². The molecule has 0 spiro atoms. The summed E-state index contributed by atoms with van der Waals surface area (Å²) in [5.74, 6) is 5.33. The Morgan fingerprint density at radius 1 is 0.854 bits per heavy atom. The molecule has 6 fully saturated rings. The van der Waals surface area contributed by atoms with E-state index >= 15 is 0 Å². The molecule has 4 saturated carbocycles. The van der Waals surface area contributed by atoms with Gasteiger partial charge in [0.15, 0.2) is 0 Å². The molecule has 0 amide bonds. The van der Waals surface area contributed by atoms with Crippen LogP contribution in [-0.2, 0) is 27.6 Å². The normalized spacial score (nSPS) is 36.1. The van der Waals surface area contributed by atoms with Crippen LogP contribution in [-0.4, -0.2) is 40.4 Å². The predicted octanol–water partition coefficient (Wildman–Crippen LogP) is 6.99. The number of rotatable bonds is 6. The Balaban J connectivity index is 0.000000510. The maximum absolute atomic E-state index is 3.83. The summed E-state index contributed by atoms with van der Waals surface area (Å²) >= 11 is 0. The average Bonchev–Trinajstić information content (AvgIpc) is 3.68. The quantitative estimate of drug-likeness (QED) is 0.200. The SMILES string of the molecule is C[Si](C)(C)[c-]1cc(C(P)(C2CCCNC2)C2CCCNC2)c(C2(CP)C3CC4CC(C3)CC2C4)c1.[Fe].[cH-]1[cH-][cH-][cH-][cH-]1. The van der Waals surface area contributed by atoms with Gasteiger partial charge in [-0.1, -0.05) is 25.1 Å². The van der Waals surface area contributed by atoms with Gasteiger partial charge >= 0.3 is 0 Å². The molecule has 4 atom stereocenters. The summed E-state index contributed by atoms with van der Waals surface area (Å²) in [5.41, 5.74) is 4.03. The summed E-state index contributed by atoms with van der Waals surface area (Å²) in [7, 11) is 5.50. The average molecular weight is 651 g/mol. The van der Waals surface area contributed by atoms with Crippen molar-refractivity contribution >= 4 is 31.7 Å². The first-order valence-electron chi connectivity index (χ1n) is 16.7. The largest absolute Gasteiger partial charge is 0.748 e. The van der Waals surface area contributed by atoms with Crippen molar-refractivity contribution in [2.75, 3.05) is 32.3 Å². The number of hydrogen-bond acceptors (Lipinski definition) is 2. The van der Waals surface area contributed by atoms with Gasteiger partial charge in [-0.3, -0.25) is 0 Å². The molecule has 2 aliphatic heterocycles. The van der Waals surface area contributed by atoms with E-state index in [1.807, 2.05) is 35.9 Å². The van der Waals surface area contributed by atoms with Crippen molar-refractivity contribution in [3.8, 4) is 0 Å². The van der Waals surface area contributed by atoms with Crippen molar-refractivity contribution in [2.45, 2.75) is 88.0 Å². The van der Waals surface area contributed by atoms with Crippen LogP contribution in [0.5, 0.6) is 0 Å². The van der Waals surface area contributed by atoms with Crippen LogP contribution >= 0.6 is 18.5 Å². The van der Waals surface area contributed by atoms with Crippen LogP contribution < -0.4 is 15.8 Å². The van der Waals surface area contributed by atoms with Gasteiger partial charge in [-0.2, -0.15) is 28.4 Å². The van der Waals surface area contributed by atoms with Crippen LogP contribution in [0.3, 0.4) is 0 Å². The second-order valence-electron chi connectivity index (χ2n) is 15.4. The first-order chi connectivity index (χ1) is 19.3. The Hall–Kier alpha value is 0.216. The smallest absolute Gasteiger partial charge is 0.0147 e. The van der Waals surface area contributed by atoms with Gasteiger partial charge < -0.3 is 41.0 Å². The summed E-state index contributed by atoms with van der Waals surface area (Å²) in [5, 5.41) is 9.58. The minimum absolute atomic E-state index is 0. The number of nitrogens with one attached hydrogen (secondary N) is 2. The molecule has 41 heavy (non-hydrogen) atoms. The van der Waals surface area contributed by atoms with Gasteiger partial charge in [0.05, 0.1) is 0 Å². The molecule has 234 valence electrons. The van der Waals surface area contributed by atoms with E-state index < -0.39 is 8.07 Å². The van der Waals surface area contributed by atoms with Crippen molar-refractivity contribution in [3.05, 3.63) is 53.6 Å². The molecule has 6 aliphatic rings. The molecule has 4 aliphatic carbocycles. The van der Waals surface area contributed by atoms with E-state index in [0.717, 1.165) is 35.5 Å². The molecule has 0 aromatic heterocycles. The van der Waals surface area contributed by atoms with Crippen LogP contribution in [0.2, 0.25) is 19.6 Å². The van der Waals surface area contributed by atoms with Crippen LogP contribution in [0.4, 0.5) is 0 Å². The standard InChI is InChI=1S/C30H51N2P2Si.C5H5.Fe/c1-35(2,3)26-15-27(29(19-33)24-11-20-10-21(13-24)14-25(29)12-20)28(16-26)30(34,22-6-4-8-31-17-22)23-7-5-9-32-18-23;1-2-4-5-3-1;/h15-16,20-25,31-32H,4-14,17-19,33-34H2,1-3H3;1-5H;/q-1;-5;. The Kier molecular flexibility index (Phi) is 10.6. The molecule has 8 rings (SSSR count). The fourth-order valence-electron chi connectivity index (χ4n) is 10.2. The first kappa shape index (κ1) is 32.6. The van der Waals surface area contributed by atoms with Crippen molar-refractivity contribution in [3.63, 3.8) is 0 Å². The molecule has 2 heterocycles. The van der Waals surface area contributed by atoms with Crippen molar-refractivity contribution in [1.29, 1.82) is 0 Å². The van der Waals surface area contributed by atoms with Gasteiger partial charge in [0.1, 0.15) is 0 Å². The molecule has 2 aromatic rings. The van der Waals surface area contributed by atoms with Gasteiger partial charge in [0.25, 0.3) is 0 Å². The van der Waals surface area contributed by atoms with Crippen molar-refractivity contribution < 1.29 is 17.1 Å². The summed E-state index contributed by atoms with van der Waals surface area (Å²) < 4.78 is 0. The zero-order chi connectivity index (χ0) is 28.0. The Bertz CT molecular complexity index is 1030. The van der Waals surface area contributed by atoms with E-state index in [-0.39, 0.29) is 22.2 Å². The molecular formula is C35H56FeN2P2Si-6. The van der Waals surface area contributed by atoms with Crippen molar-refractivity contribution in [1.82, 2.24) is 10.6 Å². The summed E-state index contributed by atoms with van der Waals surface area (Å²) in [6.45, 7) is 12.5. The monoisotopic (exact) mass is 650 g/mol. The minimum Gasteiger partial charge on any atom is -0.748 e. The second kappa shape index (κ2) is 13.3. The molecule has 2 nitrogen and oxygen atoms in total. The van der Waals surface area contributed by atoms with E-state index in [9.17, 15) is 0 Å². The third-order valence-corrected chi connectivity index (χ3v) is 16.1. The van der Waals surface area contributed by atoms with Crippen LogP contribution in [0.25, 0.3) is 0 Å². The van der Waals surface area contributed by atoms with Crippen LogP contribution in [0.15, 0.2) is 42.5 Å². The van der Waals surface area contributed by atoms with Crippen LogP contribution in [0, 0.1) is 35.5 Å². The van der Waals surface area contributed by atoms with E-state index in [0.29, 0.717) is 5.41 Å². The Morgan fingerprint density at radius 3 is 1.73 bits per heavy atom. The number of hydrogen-bond donors (Lipinski definition) is 2. The molecule has 0 radical (unpaired) electrons. The maximum atomic E-state index is 3.83. The fourth-order valence-corrected chi connectivity index (χ4v) is 13.1. The van der Waals surface area contributed by atoms with Crippen molar-refractivity contribution in [2.24, 2.45) is 35.5 Å². The van der Waals surface area contributed by atoms with E-state index in [2.05, 4.69) is 60.9 Å². The maximum Gasteiger partial charge on any atom is 0.0147 e. The number of piperidine rings is 2. The second-order valence-corrected chi connectivity index (χ2v) is 21.8. The van der Waals surface area contributed by atoms with Gasteiger partial charge in [-0.05, 0) is 131 Å². The third-order valence-electron chi connectivity index (χ3n) is 12.2. The molecule has 4 bridgehead atoms. The molecular weight excluding hydrogens is 594 g/mol. The van der Waals surface area contributed by atoms with Gasteiger partial charge in [-0.15, -0.1) is 18.5 Å². The fraction of sp³-hybridized carbons (Fsp3) is 0.714. The van der Waals surface area contributed by atoms with E-state index in [4.69, 9.17) is 0 Å². The van der Waals surface area contributed by atoms with Gasteiger partial charge in [0.2, 0.25) is 0 Å². The molecule has 6 heteroatoms. The topological polar surface area (TPSA) is 24.1 Å². The third kappa shape index (κ3) is 6.09. The molecule has 2 saturated heterocycles. The Morgan fingerprint density at radius 2 is 1.34 bits per heavy atom. The zero-order valence-corrected chi connectivity index (χ0v) is 30.3. The van der Waals surface area contributed by atoms with E-state index in [1.165, 1.54) is 83.7 Å². The summed E-state index contributed by atoms with van der Waals surface area (Å²) in [6, 6.07) is 15.6. The minimum atomic E-state index is -1.42. The van der Waals surface area contributed by atoms with Gasteiger partial charge in [0, 0.05) is 25.1 Å². The predicted molar refractivity (Wildman–Crippen MR) is 183 cm³/mol. The molecule has 2 N–H and O–H groups in total. The Labute approximate surface area is 267 Å². The summed E-state index contributed by atoms with van der Waals surface area (Å²) in [6.07, 6.45) is 14.3. The van der Waals surface area contributed by atoms with Gasteiger partial charge in [-0.25, -0.2) is 0 Å². The molecule has 4 unspecified atom stereocenters. The molecule has 2 aromatic carbocycles. The zero-order valence-electron chi connectivity index (χ0n) is 25.9. The van der Waals surface area contributed by atoms with E-state index in [1.54, 1.807) is 17.2 Å². The first-order valence-corrected chi connectivity index (χ1v) is 21.6. The summed E-state index contributed by atoms with van der Waals surface area (Å²) in [4.78, 5) is 0.